The van der Waals surface area contributed by atoms with Crippen molar-refractivity contribution in [3.63, 3.8) is 0 Å². The lowest BCUT2D eigenvalue weighted by molar-refractivity contribution is -0.384. The van der Waals surface area contributed by atoms with Crippen LogP contribution in [0.4, 0.5) is 5.69 Å². The van der Waals surface area contributed by atoms with Gasteiger partial charge in [-0.25, -0.2) is 0 Å². The average Bonchev–Trinajstić information content (AvgIpc) is 3.42. The second-order valence-electron chi connectivity index (χ2n) is 8.69. The van der Waals surface area contributed by atoms with Crippen molar-refractivity contribution in [2.75, 3.05) is 26.3 Å². The Morgan fingerprint density at radius 3 is 2.54 bits per heavy atom. The number of benzene rings is 2. The van der Waals surface area contributed by atoms with E-state index in [-0.39, 0.29) is 10.6 Å². The fourth-order valence-corrected chi connectivity index (χ4v) is 4.72. The molecule has 0 bridgehead atoms. The van der Waals surface area contributed by atoms with Gasteiger partial charge in [-0.15, -0.1) is 0 Å². The number of nitrogens with one attached hydrogen (secondary N) is 1. The van der Waals surface area contributed by atoms with E-state index in [1.54, 1.807) is 24.3 Å². The van der Waals surface area contributed by atoms with Crippen molar-refractivity contribution in [3.05, 3.63) is 92.3 Å². The fourth-order valence-electron chi connectivity index (χ4n) is 4.72. The van der Waals surface area contributed by atoms with Crippen LogP contribution in [0.3, 0.4) is 0 Å². The maximum atomic E-state index is 11.0. The Kier molecular flexibility index (Phi) is 6.54. The normalized spacial score (nSPS) is 18.1. The van der Waals surface area contributed by atoms with Crippen LogP contribution in [0.1, 0.15) is 29.7 Å². The van der Waals surface area contributed by atoms with Gasteiger partial charge in [0.15, 0.2) is 0 Å². The summed E-state index contributed by atoms with van der Waals surface area (Å²) >= 11 is 0. The third-order valence-corrected chi connectivity index (χ3v) is 6.45. The number of hydrogen-bond acceptors (Lipinski definition) is 6. The number of fused-ring (bicyclic) bond motifs is 1. The Morgan fingerprint density at radius 2 is 1.77 bits per heavy atom. The van der Waals surface area contributed by atoms with E-state index in [4.69, 9.17) is 4.74 Å². The molecule has 1 N–H and O–H groups in total. The van der Waals surface area contributed by atoms with Crippen LogP contribution in [0.2, 0.25) is 0 Å². The molecule has 0 unspecified atom stereocenters. The molecular weight excluding hydrogens is 442 g/mol. The number of nitrogens with zero attached hydrogens (tertiary/aromatic N) is 4. The largest absolute Gasteiger partial charge is 0.378 e. The molecule has 0 spiro atoms. The third kappa shape index (κ3) is 4.93. The number of aromatic nitrogens is 1. The van der Waals surface area contributed by atoms with E-state index in [1.807, 2.05) is 31.5 Å². The van der Waals surface area contributed by atoms with Crippen molar-refractivity contribution in [2.45, 2.75) is 19.8 Å². The Bertz CT molecular complexity index is 1360. The second-order valence-corrected chi connectivity index (χ2v) is 8.69. The summed E-state index contributed by atoms with van der Waals surface area (Å²) in [6, 6.07) is 14.8. The average molecular weight is 470 g/mol. The number of non-ortho nitro benzene ring substituents is 1. The molecule has 2 heterocycles. The number of morpholine rings is 1. The van der Waals surface area contributed by atoms with Crippen LogP contribution in [-0.2, 0) is 4.74 Å². The minimum Gasteiger partial charge on any atom is -0.378 e. The first-order valence-corrected chi connectivity index (χ1v) is 11.7. The zero-order valence-corrected chi connectivity index (χ0v) is 19.6. The van der Waals surface area contributed by atoms with Crippen molar-refractivity contribution in [2.24, 2.45) is 10.2 Å². The first kappa shape index (κ1) is 22.7. The maximum Gasteiger partial charge on any atom is 0.269 e. The SMILES string of the molecule is Cc1[nH]c2ccccc2c1/C=N/N=CC1=C(N2CCOCC2)C(=Cc2ccc([N+](=O)[O-])cc2)CC1. The lowest BCUT2D eigenvalue weighted by Gasteiger charge is -2.31. The molecule has 0 atom stereocenters. The predicted octanol–water partition coefficient (Wildman–Crippen LogP) is 5.25. The molecule has 0 amide bonds. The first-order valence-electron chi connectivity index (χ1n) is 11.7. The van der Waals surface area contributed by atoms with Gasteiger partial charge in [-0.1, -0.05) is 18.2 Å². The zero-order chi connectivity index (χ0) is 24.2. The van der Waals surface area contributed by atoms with Gasteiger partial charge in [-0.3, -0.25) is 10.1 Å². The number of para-hydroxylation sites is 1. The molecular formula is C27H27N5O3. The van der Waals surface area contributed by atoms with E-state index in [1.165, 1.54) is 11.3 Å². The summed E-state index contributed by atoms with van der Waals surface area (Å²) in [5.74, 6) is 0. The number of hydrogen-bond donors (Lipinski definition) is 1. The van der Waals surface area contributed by atoms with Crippen LogP contribution in [0.5, 0.6) is 0 Å². The molecule has 1 aliphatic carbocycles. The number of allylic oxidation sites excluding steroid dienone is 2. The van der Waals surface area contributed by atoms with Gasteiger partial charge in [0.1, 0.15) is 0 Å². The monoisotopic (exact) mass is 469 g/mol. The van der Waals surface area contributed by atoms with Gasteiger partial charge < -0.3 is 14.6 Å². The van der Waals surface area contributed by atoms with E-state index in [0.29, 0.717) is 13.2 Å². The van der Waals surface area contributed by atoms with E-state index < -0.39 is 0 Å². The number of ether oxygens (including phenoxy) is 1. The van der Waals surface area contributed by atoms with Gasteiger partial charge >= 0.3 is 0 Å². The fraction of sp³-hybridized carbons (Fsp3) is 0.259. The smallest absolute Gasteiger partial charge is 0.269 e. The number of nitro groups is 1. The Morgan fingerprint density at radius 1 is 1.03 bits per heavy atom. The first-order chi connectivity index (χ1) is 17.1. The lowest BCUT2D eigenvalue weighted by atomic mass is 10.1. The highest BCUT2D eigenvalue weighted by Crippen LogP contribution is 2.35. The summed E-state index contributed by atoms with van der Waals surface area (Å²) in [6.45, 7) is 5.06. The lowest BCUT2D eigenvalue weighted by Crippen LogP contribution is -2.36. The van der Waals surface area contributed by atoms with Crippen molar-refractivity contribution in [3.8, 4) is 0 Å². The summed E-state index contributed by atoms with van der Waals surface area (Å²) in [5, 5.41) is 20.9. The van der Waals surface area contributed by atoms with Gasteiger partial charge in [0.2, 0.25) is 0 Å². The van der Waals surface area contributed by atoms with Crippen LogP contribution >= 0.6 is 0 Å². The standard InChI is InChI=1S/C27H27N5O3/c1-19-25(24-4-2-3-5-26(24)30-19)18-29-28-17-22-9-8-21(27(22)31-12-14-35-15-13-31)16-20-6-10-23(11-7-20)32(33)34/h2-7,10-11,16-18,30H,8-9,12-15H2,1H3/b21-16?,28-17?,29-18+. The third-order valence-electron chi connectivity index (χ3n) is 6.45. The molecule has 2 aromatic carbocycles. The molecule has 3 aromatic rings. The molecule has 178 valence electrons. The number of rotatable bonds is 6. The van der Waals surface area contributed by atoms with Crippen molar-refractivity contribution >= 4 is 35.1 Å². The van der Waals surface area contributed by atoms with E-state index in [0.717, 1.165) is 59.2 Å². The van der Waals surface area contributed by atoms with Crippen molar-refractivity contribution in [1.82, 2.24) is 9.88 Å². The summed E-state index contributed by atoms with van der Waals surface area (Å²) in [7, 11) is 0. The van der Waals surface area contributed by atoms with E-state index in [9.17, 15) is 10.1 Å². The van der Waals surface area contributed by atoms with Gasteiger partial charge in [0.25, 0.3) is 5.69 Å². The summed E-state index contributed by atoms with van der Waals surface area (Å²) in [6.07, 6.45) is 7.55. The molecule has 35 heavy (non-hydrogen) atoms. The zero-order valence-electron chi connectivity index (χ0n) is 19.6. The molecule has 5 rings (SSSR count). The highest BCUT2D eigenvalue weighted by atomic mass is 16.6. The molecule has 0 radical (unpaired) electrons. The van der Waals surface area contributed by atoms with Gasteiger partial charge in [-0.2, -0.15) is 10.2 Å². The number of aryl methyl sites for hydroxylation is 1. The maximum absolute atomic E-state index is 11.0. The number of aromatic amines is 1. The van der Waals surface area contributed by atoms with E-state index >= 15 is 0 Å². The summed E-state index contributed by atoms with van der Waals surface area (Å²) < 4.78 is 5.56. The van der Waals surface area contributed by atoms with Crippen LogP contribution in [0.15, 0.2) is 75.6 Å². The highest BCUT2D eigenvalue weighted by Gasteiger charge is 2.25. The minimum atomic E-state index is -0.377. The summed E-state index contributed by atoms with van der Waals surface area (Å²) in [5.41, 5.74) is 7.77. The van der Waals surface area contributed by atoms with Crippen LogP contribution in [0.25, 0.3) is 17.0 Å². The molecule has 1 aliphatic heterocycles. The molecule has 1 saturated heterocycles. The van der Waals surface area contributed by atoms with Crippen LogP contribution in [0, 0.1) is 17.0 Å². The Hall–Kier alpha value is -4.04. The van der Waals surface area contributed by atoms with E-state index in [2.05, 4.69) is 38.3 Å². The van der Waals surface area contributed by atoms with Gasteiger partial charge in [0, 0.05) is 53.1 Å². The molecule has 1 fully saturated rings. The Balaban J connectivity index is 1.42. The number of nitro benzene ring substituents is 1. The molecule has 8 heteroatoms. The van der Waals surface area contributed by atoms with Crippen molar-refractivity contribution in [1.29, 1.82) is 0 Å². The van der Waals surface area contributed by atoms with Crippen molar-refractivity contribution < 1.29 is 9.66 Å². The quantitative estimate of drug-likeness (QED) is 0.303. The predicted molar refractivity (Wildman–Crippen MR) is 139 cm³/mol. The van der Waals surface area contributed by atoms with Crippen LogP contribution in [-0.4, -0.2) is 53.5 Å². The van der Waals surface area contributed by atoms with Crippen LogP contribution < -0.4 is 0 Å². The molecule has 0 saturated carbocycles. The molecule has 8 nitrogen and oxygen atoms in total. The highest BCUT2D eigenvalue weighted by molar-refractivity contribution is 6.00. The minimum absolute atomic E-state index is 0.0960. The topological polar surface area (TPSA) is 96.1 Å². The Labute approximate surface area is 203 Å². The summed E-state index contributed by atoms with van der Waals surface area (Å²) in [4.78, 5) is 16.3. The molecule has 2 aliphatic rings. The number of H-pyrrole nitrogens is 1. The van der Waals surface area contributed by atoms with Gasteiger partial charge in [-0.05, 0) is 60.8 Å². The second kappa shape index (κ2) is 10.1. The van der Waals surface area contributed by atoms with Gasteiger partial charge in [0.05, 0.1) is 30.6 Å². The molecule has 1 aromatic heterocycles.